The molecule has 3 rings (SSSR count). The van der Waals surface area contributed by atoms with Crippen molar-refractivity contribution in [2.45, 2.75) is 0 Å². The minimum absolute atomic E-state index is 0.531. The van der Waals surface area contributed by atoms with Gasteiger partial charge in [-0.3, -0.25) is 9.98 Å². The van der Waals surface area contributed by atoms with Crippen LogP contribution in [0.5, 0.6) is 5.75 Å². The Labute approximate surface area is 80.8 Å². The molecule has 0 atom stereocenters. The van der Waals surface area contributed by atoms with Crippen molar-refractivity contribution in [2.24, 2.45) is 9.98 Å². The lowest BCUT2D eigenvalue weighted by Crippen LogP contribution is -2.25. The molecular weight excluding hydrogens is 176 g/mol. The van der Waals surface area contributed by atoms with Crippen LogP contribution in [-0.4, -0.2) is 19.0 Å². The molecule has 0 amide bonds. The third-order valence-corrected chi connectivity index (χ3v) is 2.30. The lowest BCUT2D eigenvalue weighted by Gasteiger charge is -2.02. The maximum atomic E-state index is 5.52. The van der Waals surface area contributed by atoms with E-state index in [4.69, 9.17) is 4.74 Å². The molecule has 0 spiro atoms. The van der Waals surface area contributed by atoms with Crippen molar-refractivity contribution < 1.29 is 4.74 Å². The molecular formula is C11H8N2O. The van der Waals surface area contributed by atoms with Crippen LogP contribution in [0, 0.1) is 0 Å². The molecule has 1 aromatic carbocycles. The maximum absolute atomic E-state index is 5.52. The van der Waals surface area contributed by atoms with Gasteiger partial charge in [0.2, 0.25) is 0 Å². The molecule has 1 aromatic rings. The van der Waals surface area contributed by atoms with E-state index in [0.29, 0.717) is 6.61 Å². The third-order valence-electron chi connectivity index (χ3n) is 2.30. The quantitative estimate of drug-likeness (QED) is 0.574. The van der Waals surface area contributed by atoms with Crippen molar-refractivity contribution in [3.8, 4) is 5.75 Å². The molecule has 0 N–H and O–H groups in total. The summed E-state index contributed by atoms with van der Waals surface area (Å²) in [5.41, 5.74) is 0.987. The minimum atomic E-state index is 0.531. The lowest BCUT2D eigenvalue weighted by molar-refractivity contribution is 0.378. The Morgan fingerprint density at radius 1 is 1.21 bits per heavy atom. The van der Waals surface area contributed by atoms with Gasteiger partial charge in [-0.1, -0.05) is 0 Å². The van der Waals surface area contributed by atoms with Gasteiger partial charge in [-0.25, -0.2) is 0 Å². The van der Waals surface area contributed by atoms with E-state index in [-0.39, 0.29) is 0 Å². The zero-order valence-corrected chi connectivity index (χ0v) is 7.47. The molecule has 2 aliphatic heterocycles. The average Bonchev–Trinajstić information content (AvgIpc) is 2.55. The van der Waals surface area contributed by atoms with Gasteiger partial charge in [0.1, 0.15) is 12.4 Å². The third kappa shape index (κ3) is 0.988. The molecule has 2 heterocycles. The molecule has 0 fully saturated rings. The number of benzene rings is 1. The van der Waals surface area contributed by atoms with E-state index in [1.807, 2.05) is 24.4 Å². The van der Waals surface area contributed by atoms with Crippen LogP contribution in [0.4, 0.5) is 5.69 Å². The molecule has 0 unspecified atom stereocenters. The number of hydrogen-bond donors (Lipinski definition) is 0. The Hall–Kier alpha value is -1.90. The van der Waals surface area contributed by atoms with Crippen LogP contribution in [0.25, 0.3) is 12.3 Å². The van der Waals surface area contributed by atoms with E-state index in [1.165, 1.54) is 0 Å². The molecule has 0 saturated heterocycles. The van der Waals surface area contributed by atoms with Crippen molar-refractivity contribution in [1.82, 2.24) is 0 Å². The van der Waals surface area contributed by atoms with Crippen LogP contribution in [0.2, 0.25) is 0 Å². The Bertz CT molecular complexity index is 555. The summed E-state index contributed by atoms with van der Waals surface area (Å²) >= 11 is 0. The molecule has 14 heavy (non-hydrogen) atoms. The van der Waals surface area contributed by atoms with E-state index in [2.05, 4.69) is 9.98 Å². The van der Waals surface area contributed by atoms with Gasteiger partial charge in [-0.2, -0.15) is 0 Å². The monoisotopic (exact) mass is 184 g/mol. The predicted octanol–water partition coefficient (Wildman–Crippen LogP) is 0.384. The normalized spacial score (nSPS) is 16.0. The molecule has 0 saturated carbocycles. The number of nitrogens with zero attached hydrogens (tertiary/aromatic N) is 2. The van der Waals surface area contributed by atoms with Crippen molar-refractivity contribution >= 4 is 30.4 Å². The second-order valence-corrected chi connectivity index (χ2v) is 3.13. The molecule has 0 radical (unpaired) electrons. The first kappa shape index (κ1) is 7.50. The highest BCUT2D eigenvalue weighted by Gasteiger charge is 2.05. The highest BCUT2D eigenvalue weighted by Crippen LogP contribution is 2.11. The molecule has 0 aliphatic carbocycles. The van der Waals surface area contributed by atoms with E-state index < -0.39 is 0 Å². The van der Waals surface area contributed by atoms with Crippen LogP contribution in [0.15, 0.2) is 22.1 Å². The Balaban J connectivity index is 2.43. The van der Waals surface area contributed by atoms with Crippen LogP contribution >= 0.6 is 0 Å². The Morgan fingerprint density at radius 2 is 2.21 bits per heavy atom. The van der Waals surface area contributed by atoms with Crippen molar-refractivity contribution in [1.29, 1.82) is 0 Å². The summed E-state index contributed by atoms with van der Waals surface area (Å²) in [7, 11) is 0. The van der Waals surface area contributed by atoms with Crippen LogP contribution < -0.4 is 15.2 Å². The summed E-state index contributed by atoms with van der Waals surface area (Å²) in [4.78, 5) is 8.37. The van der Waals surface area contributed by atoms with Crippen LogP contribution in [0.3, 0.4) is 0 Å². The van der Waals surface area contributed by atoms with E-state index >= 15 is 0 Å². The number of ether oxygens (including phenoxy) is 1. The van der Waals surface area contributed by atoms with Gasteiger partial charge < -0.3 is 4.74 Å². The van der Waals surface area contributed by atoms with Gasteiger partial charge in [0.05, 0.1) is 5.69 Å². The van der Waals surface area contributed by atoms with Crippen LogP contribution in [-0.2, 0) is 0 Å². The van der Waals surface area contributed by atoms with E-state index in [9.17, 15) is 0 Å². The topological polar surface area (TPSA) is 34.0 Å². The van der Waals surface area contributed by atoms with E-state index in [0.717, 1.165) is 21.9 Å². The predicted molar refractivity (Wildman–Crippen MR) is 56.8 cm³/mol. The number of aliphatic imine (C=N–C) groups is 2. The van der Waals surface area contributed by atoms with Crippen molar-refractivity contribution in [3.05, 3.63) is 22.6 Å². The van der Waals surface area contributed by atoms with Crippen molar-refractivity contribution in [2.75, 3.05) is 6.61 Å². The van der Waals surface area contributed by atoms with Gasteiger partial charge in [0.25, 0.3) is 0 Å². The number of rotatable bonds is 0. The maximum Gasteiger partial charge on any atom is 0.129 e. The summed E-state index contributed by atoms with van der Waals surface area (Å²) in [6, 6.07) is 3.91. The van der Waals surface area contributed by atoms with Gasteiger partial charge >= 0.3 is 0 Å². The number of hydrogen-bond acceptors (Lipinski definition) is 3. The smallest absolute Gasteiger partial charge is 0.129 e. The van der Waals surface area contributed by atoms with Crippen molar-refractivity contribution in [3.63, 3.8) is 0 Å². The first-order valence-corrected chi connectivity index (χ1v) is 4.47. The van der Waals surface area contributed by atoms with Crippen LogP contribution in [0.1, 0.15) is 0 Å². The number of fused-ring (bicyclic) bond motifs is 3. The Morgan fingerprint density at radius 3 is 3.21 bits per heavy atom. The molecule has 0 aromatic heterocycles. The minimum Gasteiger partial charge on any atom is -0.487 e. The first-order chi connectivity index (χ1) is 6.95. The second kappa shape index (κ2) is 2.80. The fourth-order valence-corrected chi connectivity index (χ4v) is 1.64. The van der Waals surface area contributed by atoms with Gasteiger partial charge in [-0.15, -0.1) is 0 Å². The van der Waals surface area contributed by atoms with Gasteiger partial charge in [0.15, 0.2) is 0 Å². The molecule has 0 bridgehead atoms. The second-order valence-electron chi connectivity index (χ2n) is 3.13. The van der Waals surface area contributed by atoms with Gasteiger partial charge in [-0.05, 0) is 18.2 Å². The highest BCUT2D eigenvalue weighted by molar-refractivity contribution is 5.97. The molecule has 3 nitrogen and oxygen atoms in total. The fraction of sp³-hybridized carbons (Fsp3) is 0.0909. The summed E-state index contributed by atoms with van der Waals surface area (Å²) in [5, 5.41) is 2.12. The summed E-state index contributed by atoms with van der Waals surface area (Å²) in [6.07, 6.45) is 7.36. The highest BCUT2D eigenvalue weighted by atomic mass is 16.5. The lowest BCUT2D eigenvalue weighted by atomic mass is 10.2. The zero-order chi connectivity index (χ0) is 9.38. The van der Waals surface area contributed by atoms with Gasteiger partial charge in [0, 0.05) is 29.1 Å². The Kier molecular flexibility index (Phi) is 1.50. The summed E-state index contributed by atoms with van der Waals surface area (Å²) in [6.45, 7) is 0.531. The fourth-order valence-electron chi connectivity index (χ4n) is 1.64. The molecule has 3 heteroatoms. The average molecular weight is 184 g/mol. The van der Waals surface area contributed by atoms with E-state index in [1.54, 1.807) is 12.4 Å². The summed E-state index contributed by atoms with van der Waals surface area (Å²) in [5.74, 6) is 0.878. The standard InChI is InChI=1S/C11H8N2O/c1-2-11-9(7-12-5-6-14-11)8-3-4-13-10(1)8/h1-5,7H,6H2. The molecule has 68 valence electrons. The SMILES string of the molecule is C1=NC=c2c(ccc3c2=CC=N3)OC1. The largest absolute Gasteiger partial charge is 0.487 e. The first-order valence-electron chi connectivity index (χ1n) is 4.47. The molecule has 2 aliphatic rings. The summed E-state index contributed by atoms with van der Waals surface area (Å²) < 4.78 is 5.52. The zero-order valence-electron chi connectivity index (χ0n) is 7.47.